The zero-order chi connectivity index (χ0) is 51.7. The number of benzene rings is 2. The Morgan fingerprint density at radius 2 is 1.21 bits per heavy atom. The fourth-order valence-electron chi connectivity index (χ4n) is 6.98. The lowest BCUT2D eigenvalue weighted by molar-refractivity contribution is -0.346. The summed E-state index contributed by atoms with van der Waals surface area (Å²) in [6, 6.07) is 11.7. The highest BCUT2D eigenvalue weighted by molar-refractivity contribution is 5.90. The van der Waals surface area contributed by atoms with Gasteiger partial charge in [-0.15, -0.1) is 0 Å². The molecule has 2 aromatic carbocycles. The van der Waals surface area contributed by atoms with Gasteiger partial charge in [0.1, 0.15) is 49.8 Å². The van der Waals surface area contributed by atoms with E-state index in [2.05, 4.69) is 21.9 Å². The number of nitrogens with zero attached hydrogens (tertiary/aromatic N) is 3. The molecule has 1 N–H and O–H groups in total. The summed E-state index contributed by atoms with van der Waals surface area (Å²) in [4.78, 5) is 107. The van der Waals surface area contributed by atoms with Crippen LogP contribution in [0.3, 0.4) is 0 Å². The van der Waals surface area contributed by atoms with Crippen LogP contribution in [0.5, 0.6) is 0 Å². The van der Waals surface area contributed by atoms with Gasteiger partial charge in [-0.3, -0.25) is 19.2 Å². The molecule has 0 saturated carbocycles. The number of azide groups is 1. The molecule has 0 aromatic heterocycles. The molecule has 0 bridgehead atoms. The predicted molar refractivity (Wildman–Crippen MR) is 236 cm³/mol. The van der Waals surface area contributed by atoms with Crippen LogP contribution in [0.25, 0.3) is 10.4 Å². The number of alkyl carbamates (subject to hydrolysis) is 1. The third kappa shape index (κ3) is 16.5. The minimum absolute atomic E-state index is 0.00414. The molecule has 2 aromatic rings. The molecule has 2 aliphatic rings. The van der Waals surface area contributed by atoms with Gasteiger partial charge in [-0.25, -0.2) is 19.2 Å². The molecule has 24 nitrogen and oxygen atoms in total. The highest BCUT2D eigenvalue weighted by atomic mass is 16.8. The maximum Gasteiger partial charge on any atom is 0.408 e. The van der Waals surface area contributed by atoms with E-state index >= 15 is 0 Å². The predicted octanol–water partition coefficient (Wildman–Crippen LogP) is 3.97. The highest BCUT2D eigenvalue weighted by Gasteiger charge is 2.57. The molecular formula is C46H56N4O20. The van der Waals surface area contributed by atoms with E-state index in [0.29, 0.717) is 0 Å². The topological polar surface area (TPSA) is 308 Å². The molecule has 2 heterocycles. The molecule has 2 aliphatic heterocycles. The normalized spacial score (nSPS) is 24.9. The third-order valence-electron chi connectivity index (χ3n) is 9.76. The van der Waals surface area contributed by atoms with Gasteiger partial charge >= 0.3 is 47.9 Å². The van der Waals surface area contributed by atoms with Gasteiger partial charge in [0.2, 0.25) is 0 Å². The second-order valence-electron chi connectivity index (χ2n) is 16.5. The minimum Gasteiger partial charge on any atom is -0.463 e. The number of carbonyl (C=O) groups is 8. The summed E-state index contributed by atoms with van der Waals surface area (Å²) < 4.78 is 69.7. The molecule has 12 atom stereocenters. The number of hydrogen-bond acceptors (Lipinski definition) is 21. The Labute approximate surface area is 402 Å². The van der Waals surface area contributed by atoms with Gasteiger partial charge in [0.25, 0.3) is 0 Å². The first-order chi connectivity index (χ1) is 33.1. The maximum absolute atomic E-state index is 14.0. The first-order valence-electron chi connectivity index (χ1n) is 21.7. The molecule has 380 valence electrons. The van der Waals surface area contributed by atoms with Gasteiger partial charge in [0, 0.05) is 32.6 Å². The molecule has 4 rings (SSSR count). The third-order valence-corrected chi connectivity index (χ3v) is 9.76. The molecule has 1 amide bonds. The van der Waals surface area contributed by atoms with Crippen molar-refractivity contribution >= 4 is 47.9 Å². The Kier molecular flexibility index (Phi) is 20.6. The number of hydrogen-bond donors (Lipinski definition) is 1. The van der Waals surface area contributed by atoms with Crippen molar-refractivity contribution < 1.29 is 95.2 Å². The van der Waals surface area contributed by atoms with Crippen LogP contribution >= 0.6 is 0 Å². The summed E-state index contributed by atoms with van der Waals surface area (Å²) in [6.07, 6.45) is -17.4. The summed E-state index contributed by atoms with van der Waals surface area (Å²) in [5.74, 6) is -6.60. The van der Waals surface area contributed by atoms with Crippen LogP contribution in [0.1, 0.15) is 76.1 Å². The quantitative estimate of drug-likeness (QED) is 0.0490. The van der Waals surface area contributed by atoms with E-state index < -0.39 is 140 Å². The van der Waals surface area contributed by atoms with Crippen molar-refractivity contribution in [1.82, 2.24) is 5.32 Å². The maximum atomic E-state index is 14.0. The molecule has 2 fully saturated rings. The second kappa shape index (κ2) is 26.0. The summed E-state index contributed by atoms with van der Waals surface area (Å²) in [7, 11) is 0. The lowest BCUT2D eigenvalue weighted by atomic mass is 9.95. The number of rotatable bonds is 20. The van der Waals surface area contributed by atoms with E-state index in [0.717, 1.165) is 27.7 Å². The van der Waals surface area contributed by atoms with Crippen LogP contribution in [-0.2, 0) is 80.8 Å². The van der Waals surface area contributed by atoms with Gasteiger partial charge in [-0.1, -0.05) is 54.2 Å². The number of nitrogens with one attached hydrogen (secondary N) is 1. The number of esters is 7. The Morgan fingerprint density at radius 1 is 0.700 bits per heavy atom. The van der Waals surface area contributed by atoms with E-state index in [4.69, 9.17) is 56.8 Å². The first kappa shape index (κ1) is 55.5. The Balaban J connectivity index is 1.94. The summed E-state index contributed by atoms with van der Waals surface area (Å²) in [6.45, 7) is 11.9. The average molecular weight is 985 g/mol. The van der Waals surface area contributed by atoms with Crippen LogP contribution in [0.4, 0.5) is 4.79 Å². The molecule has 0 radical (unpaired) electrons. The minimum atomic E-state index is -2.00. The summed E-state index contributed by atoms with van der Waals surface area (Å²) >= 11 is 0. The van der Waals surface area contributed by atoms with Gasteiger partial charge in [-0.05, 0) is 57.5 Å². The fraction of sp³-hybridized carbons (Fsp3) is 0.522. The van der Waals surface area contributed by atoms with Crippen LogP contribution < -0.4 is 5.32 Å². The SMILES string of the molecule is C=CCOC(=O)N[C@H](C(=O)OC(C)(C)C)[C@@H](C)O[C@H]1O[C@H](COC(=O)c2ccccc2)[C@H](OC(=O)c2ccccc2)[C@H](O[C@@H]2O[C@H](COC(C)=O)[C@H](OC(C)=O)[C@H](OC(C)=O)[C@H]2OC(C)=O)[C@H]1N=[N+]=[N-]. The smallest absolute Gasteiger partial charge is 0.408 e. The molecule has 70 heavy (non-hydrogen) atoms. The Hall–Kier alpha value is -7.11. The standard InChI is InChI=1S/C46H56N4O20/c1-10-21-59-45(58)48-33(42(57)70-46(7,8)9)24(2)62-43-34(49-50-47)37(35(68-41(56)30-19-15-12-16-20-30)32(66-43)23-61-40(55)29-17-13-11-14-18-29)69-44-39(65-28(6)54)38(64-27(5)53)36(63-26(4)52)31(67-44)22-60-25(3)51/h10-20,24,31-39,43-44H,1,21-23H2,2-9H3,(H,48,58)/t24-,31-,32-,33+,34-,35+,36+,37-,38+,39-,43+,44+/m1/s1. The molecular weight excluding hydrogens is 929 g/mol. The Morgan fingerprint density at radius 3 is 1.74 bits per heavy atom. The molecule has 0 unspecified atom stereocenters. The number of carbonyl (C=O) groups excluding carboxylic acids is 8. The lowest BCUT2D eigenvalue weighted by Gasteiger charge is -2.48. The lowest BCUT2D eigenvalue weighted by Crippen LogP contribution is -2.67. The second-order valence-corrected chi connectivity index (χ2v) is 16.5. The number of amides is 1. The molecule has 0 spiro atoms. The van der Waals surface area contributed by atoms with Gasteiger partial charge in [0.15, 0.2) is 43.0 Å². The van der Waals surface area contributed by atoms with Crippen molar-refractivity contribution in [3.05, 3.63) is 94.9 Å². The van der Waals surface area contributed by atoms with Crippen molar-refractivity contribution in [2.24, 2.45) is 5.11 Å². The monoisotopic (exact) mass is 984 g/mol. The molecule has 2 saturated heterocycles. The van der Waals surface area contributed by atoms with Crippen molar-refractivity contribution in [3.63, 3.8) is 0 Å². The van der Waals surface area contributed by atoms with Crippen LogP contribution in [0.15, 0.2) is 78.4 Å². The zero-order valence-electron chi connectivity index (χ0n) is 39.6. The largest absolute Gasteiger partial charge is 0.463 e. The van der Waals surface area contributed by atoms with Gasteiger partial charge < -0.3 is 62.2 Å². The van der Waals surface area contributed by atoms with Crippen molar-refractivity contribution in [2.75, 3.05) is 19.8 Å². The molecule has 24 heteroatoms. The van der Waals surface area contributed by atoms with E-state index in [9.17, 15) is 43.9 Å². The number of ether oxygens (including phenoxy) is 12. The van der Waals surface area contributed by atoms with Crippen LogP contribution in [-0.4, -0.2) is 147 Å². The van der Waals surface area contributed by atoms with Gasteiger partial charge in [0.05, 0.1) is 17.2 Å². The summed E-state index contributed by atoms with van der Waals surface area (Å²) in [5.41, 5.74) is 9.14. The van der Waals surface area contributed by atoms with E-state index in [1.54, 1.807) is 45.0 Å². The van der Waals surface area contributed by atoms with Crippen LogP contribution in [0.2, 0.25) is 0 Å². The average Bonchev–Trinajstić information content (AvgIpc) is 3.29. The van der Waals surface area contributed by atoms with E-state index in [1.165, 1.54) is 49.4 Å². The molecule has 0 aliphatic carbocycles. The fourth-order valence-corrected chi connectivity index (χ4v) is 6.98. The summed E-state index contributed by atoms with van der Waals surface area (Å²) in [5, 5.41) is 6.28. The highest BCUT2D eigenvalue weighted by Crippen LogP contribution is 2.36. The van der Waals surface area contributed by atoms with Crippen molar-refractivity contribution in [1.29, 1.82) is 0 Å². The van der Waals surface area contributed by atoms with E-state index in [1.807, 2.05) is 0 Å². The first-order valence-corrected chi connectivity index (χ1v) is 21.7. The van der Waals surface area contributed by atoms with Crippen LogP contribution in [0, 0.1) is 0 Å². The Bertz CT molecular complexity index is 2220. The zero-order valence-corrected chi connectivity index (χ0v) is 39.6. The van der Waals surface area contributed by atoms with Gasteiger partial charge in [-0.2, -0.15) is 0 Å². The van der Waals surface area contributed by atoms with Crippen molar-refractivity contribution in [2.45, 2.75) is 134 Å². The van der Waals surface area contributed by atoms with E-state index in [-0.39, 0.29) is 17.7 Å². The van der Waals surface area contributed by atoms with Crippen molar-refractivity contribution in [3.8, 4) is 0 Å².